The van der Waals surface area contributed by atoms with Gasteiger partial charge in [0.2, 0.25) is 30.4 Å². The molecule has 4 aliphatic heterocycles. The topological polar surface area (TPSA) is 140 Å². The number of imide groups is 1. The largest absolute Gasteiger partial charge is 0.454 e. The first kappa shape index (κ1) is 21.6. The molecule has 2 fully saturated rings. The number of rotatable bonds is 5. The van der Waals surface area contributed by atoms with Crippen LogP contribution in [-0.2, 0) is 37.7 Å². The molecule has 0 aliphatic carbocycles. The van der Waals surface area contributed by atoms with Crippen LogP contribution in [0.2, 0.25) is 0 Å². The van der Waals surface area contributed by atoms with Gasteiger partial charge >= 0.3 is 0 Å². The van der Waals surface area contributed by atoms with Crippen molar-refractivity contribution < 1.29 is 28.7 Å². The Hall–Kier alpha value is -3.92. The van der Waals surface area contributed by atoms with E-state index < -0.39 is 47.0 Å². The third-order valence-corrected chi connectivity index (χ3v) is 7.48. The van der Waals surface area contributed by atoms with Crippen molar-refractivity contribution in [2.75, 3.05) is 12.1 Å². The van der Waals surface area contributed by atoms with Crippen molar-refractivity contribution in [3.8, 4) is 11.5 Å². The van der Waals surface area contributed by atoms with Gasteiger partial charge in [-0.3, -0.25) is 29.4 Å². The molecule has 35 heavy (non-hydrogen) atoms. The minimum atomic E-state index is -1.46. The van der Waals surface area contributed by atoms with E-state index in [0.29, 0.717) is 28.3 Å². The number of benzene rings is 2. The molecule has 2 aromatic rings. The predicted octanol–water partition coefficient (Wildman–Crippen LogP) is 0.774. The minimum Gasteiger partial charge on any atom is -0.454 e. The summed E-state index contributed by atoms with van der Waals surface area (Å²) in [4.78, 5) is 54.0. The van der Waals surface area contributed by atoms with Crippen LogP contribution in [-0.4, -0.2) is 41.4 Å². The Bertz CT molecular complexity index is 1310. The van der Waals surface area contributed by atoms with Crippen molar-refractivity contribution in [3.63, 3.8) is 0 Å². The fourth-order valence-corrected chi connectivity index (χ4v) is 5.90. The molecule has 10 heteroatoms. The zero-order chi connectivity index (χ0) is 24.5. The van der Waals surface area contributed by atoms with E-state index in [1.54, 1.807) is 18.2 Å². The second-order valence-electron chi connectivity index (χ2n) is 9.37. The van der Waals surface area contributed by atoms with E-state index in [-0.39, 0.29) is 19.8 Å². The van der Waals surface area contributed by atoms with Gasteiger partial charge in [-0.2, -0.15) is 0 Å². The zero-order valence-corrected chi connectivity index (χ0v) is 19.0. The van der Waals surface area contributed by atoms with Crippen molar-refractivity contribution in [1.29, 1.82) is 0 Å². The molecular formula is C25H24N4O6. The fraction of sp³-hybridized carbons (Fsp3) is 0.360. The van der Waals surface area contributed by atoms with Gasteiger partial charge in [0, 0.05) is 23.7 Å². The first-order valence-corrected chi connectivity index (χ1v) is 11.6. The molecule has 4 aliphatic rings. The number of anilines is 1. The highest BCUT2D eigenvalue weighted by Gasteiger charge is 2.70. The lowest BCUT2D eigenvalue weighted by atomic mass is 9.76. The summed E-state index contributed by atoms with van der Waals surface area (Å²) in [5.41, 5.74) is 6.93. The Labute approximate surface area is 200 Å². The maximum atomic E-state index is 13.9. The highest BCUT2D eigenvalue weighted by molar-refractivity contribution is 6.15. The van der Waals surface area contributed by atoms with E-state index in [0.717, 1.165) is 12.0 Å². The van der Waals surface area contributed by atoms with Crippen LogP contribution < -0.4 is 25.8 Å². The van der Waals surface area contributed by atoms with Crippen molar-refractivity contribution in [2.45, 2.75) is 37.9 Å². The molecule has 6 rings (SSSR count). The van der Waals surface area contributed by atoms with Crippen LogP contribution in [0.15, 0.2) is 36.4 Å². The Kier molecular flexibility index (Phi) is 4.65. The van der Waals surface area contributed by atoms with Crippen LogP contribution in [0.5, 0.6) is 11.5 Å². The van der Waals surface area contributed by atoms with E-state index in [1.807, 2.05) is 25.1 Å². The Morgan fingerprint density at radius 3 is 2.63 bits per heavy atom. The third kappa shape index (κ3) is 2.99. The summed E-state index contributed by atoms with van der Waals surface area (Å²) in [6, 6.07) is 10.1. The van der Waals surface area contributed by atoms with Gasteiger partial charge < -0.3 is 20.5 Å². The Morgan fingerprint density at radius 1 is 1.09 bits per heavy atom. The molecule has 2 aromatic carbocycles. The van der Waals surface area contributed by atoms with E-state index >= 15 is 0 Å². The van der Waals surface area contributed by atoms with Crippen molar-refractivity contribution >= 4 is 29.3 Å². The average molecular weight is 476 g/mol. The molecule has 0 unspecified atom stereocenters. The maximum Gasteiger partial charge on any atom is 0.250 e. The predicted molar refractivity (Wildman–Crippen MR) is 122 cm³/mol. The highest BCUT2D eigenvalue weighted by Crippen LogP contribution is 2.53. The number of hydrogen-bond acceptors (Lipinski definition) is 7. The molecule has 1 spiro atoms. The van der Waals surface area contributed by atoms with Gasteiger partial charge in [-0.25, -0.2) is 0 Å². The number of carbonyl (C=O) groups excluding carboxylic acids is 4. The molecule has 0 aromatic heterocycles. The second kappa shape index (κ2) is 7.54. The maximum absolute atomic E-state index is 13.9. The van der Waals surface area contributed by atoms with E-state index in [9.17, 15) is 19.2 Å². The standard InChI is InChI=1S/C25H24N4O6/c1-2-12-3-5-15-14(7-12)25(24(33)27-15)21-20(16(28-25)9-19(26)30)22(31)29(23(21)32)10-13-4-6-17-18(8-13)35-11-34-17/h3-8,16,20-21,28H,2,9-11H2,1H3,(H2,26,30)(H,27,33)/t16-,20+,21+,25-/m0/s1. The third-order valence-electron chi connectivity index (χ3n) is 7.48. The number of hydrogen-bond donors (Lipinski definition) is 3. The molecule has 4 N–H and O–H groups in total. The Morgan fingerprint density at radius 2 is 1.86 bits per heavy atom. The number of nitrogens with two attached hydrogens (primary N) is 1. The van der Waals surface area contributed by atoms with Gasteiger partial charge in [-0.05, 0) is 35.7 Å². The van der Waals surface area contributed by atoms with Gasteiger partial charge in [0.15, 0.2) is 11.5 Å². The van der Waals surface area contributed by atoms with Crippen LogP contribution in [0, 0.1) is 11.8 Å². The molecule has 4 atom stereocenters. The lowest BCUT2D eigenvalue weighted by molar-refractivity contribution is -0.143. The number of ether oxygens (including phenoxy) is 2. The summed E-state index contributed by atoms with van der Waals surface area (Å²) < 4.78 is 10.8. The van der Waals surface area contributed by atoms with Crippen LogP contribution in [0.4, 0.5) is 5.69 Å². The number of carbonyl (C=O) groups is 4. The van der Waals surface area contributed by atoms with Crippen molar-refractivity contribution in [2.24, 2.45) is 17.6 Å². The number of fused-ring (bicyclic) bond motifs is 5. The number of nitrogens with one attached hydrogen (secondary N) is 2. The van der Waals surface area contributed by atoms with Crippen molar-refractivity contribution in [1.82, 2.24) is 10.2 Å². The number of aryl methyl sites for hydroxylation is 1. The molecule has 180 valence electrons. The fourth-order valence-electron chi connectivity index (χ4n) is 5.90. The zero-order valence-electron chi connectivity index (χ0n) is 19.0. The van der Waals surface area contributed by atoms with Crippen LogP contribution in [0.3, 0.4) is 0 Å². The van der Waals surface area contributed by atoms with Gasteiger partial charge in [0.05, 0.1) is 18.4 Å². The number of nitrogens with zero attached hydrogens (tertiary/aromatic N) is 1. The Balaban J connectivity index is 1.42. The summed E-state index contributed by atoms with van der Waals surface area (Å²) in [7, 11) is 0. The molecule has 4 heterocycles. The normalized spacial score (nSPS) is 28.0. The van der Waals surface area contributed by atoms with Crippen molar-refractivity contribution in [3.05, 3.63) is 53.1 Å². The van der Waals surface area contributed by atoms with E-state index in [2.05, 4.69) is 10.6 Å². The summed E-state index contributed by atoms with van der Waals surface area (Å²) in [6.45, 7) is 2.13. The van der Waals surface area contributed by atoms with Crippen LogP contribution >= 0.6 is 0 Å². The molecule has 4 amide bonds. The number of amides is 4. The smallest absolute Gasteiger partial charge is 0.250 e. The van der Waals surface area contributed by atoms with Gasteiger partial charge in [0.25, 0.3) is 0 Å². The number of primary amides is 1. The van der Waals surface area contributed by atoms with Gasteiger partial charge in [-0.1, -0.05) is 25.1 Å². The molecular weight excluding hydrogens is 452 g/mol. The van der Waals surface area contributed by atoms with Gasteiger partial charge in [-0.15, -0.1) is 0 Å². The monoisotopic (exact) mass is 476 g/mol. The quantitative estimate of drug-likeness (QED) is 0.542. The second-order valence-corrected chi connectivity index (χ2v) is 9.37. The average Bonchev–Trinajstić information content (AvgIpc) is 3.55. The lowest BCUT2D eigenvalue weighted by Gasteiger charge is -2.29. The number of likely N-dealkylation sites (tertiary alicyclic amines) is 1. The van der Waals surface area contributed by atoms with Crippen LogP contribution in [0.1, 0.15) is 30.0 Å². The summed E-state index contributed by atoms with van der Waals surface area (Å²) in [6.07, 6.45) is 0.565. The molecule has 10 nitrogen and oxygen atoms in total. The first-order valence-electron chi connectivity index (χ1n) is 11.6. The summed E-state index contributed by atoms with van der Waals surface area (Å²) in [5.74, 6) is -2.67. The minimum absolute atomic E-state index is 0.0180. The van der Waals surface area contributed by atoms with Crippen LogP contribution in [0.25, 0.3) is 0 Å². The first-order chi connectivity index (χ1) is 16.8. The highest BCUT2D eigenvalue weighted by atomic mass is 16.7. The molecule has 0 radical (unpaired) electrons. The summed E-state index contributed by atoms with van der Waals surface area (Å²) in [5, 5.41) is 6.08. The van der Waals surface area contributed by atoms with E-state index in [1.165, 1.54) is 4.90 Å². The summed E-state index contributed by atoms with van der Waals surface area (Å²) >= 11 is 0. The SMILES string of the molecule is CCc1ccc2c(c1)[C@@]1(N[C@@H](CC(N)=O)[C@H]3C(=O)N(Cc4ccc5c(c4)OCO5)C(=O)[C@@H]31)C(=O)N2. The molecule has 2 saturated heterocycles. The van der Waals surface area contributed by atoms with Gasteiger partial charge in [0.1, 0.15) is 5.54 Å². The molecule has 0 saturated carbocycles. The molecule has 0 bridgehead atoms. The van der Waals surface area contributed by atoms with E-state index in [4.69, 9.17) is 15.2 Å². The lowest BCUT2D eigenvalue weighted by Crippen LogP contribution is -2.53.